The van der Waals surface area contributed by atoms with Gasteiger partial charge < -0.3 is 9.47 Å². The van der Waals surface area contributed by atoms with Gasteiger partial charge in [0.1, 0.15) is 11.5 Å². The lowest BCUT2D eigenvalue weighted by atomic mass is 9.99. The molecule has 102 valence electrons. The van der Waals surface area contributed by atoms with Crippen molar-refractivity contribution >= 4 is 5.57 Å². The molecule has 0 aromatic heterocycles. The molecule has 3 rings (SSSR count). The van der Waals surface area contributed by atoms with Gasteiger partial charge in [0, 0.05) is 6.07 Å². The number of allylic oxidation sites excluding steroid dienone is 2. The Kier molecular flexibility index (Phi) is 3.46. The highest BCUT2D eigenvalue weighted by Crippen LogP contribution is 2.32. The van der Waals surface area contributed by atoms with Crippen molar-refractivity contribution in [1.82, 2.24) is 0 Å². The van der Waals surface area contributed by atoms with Crippen LogP contribution in [-0.4, -0.2) is 14.2 Å². The summed E-state index contributed by atoms with van der Waals surface area (Å²) >= 11 is 0. The van der Waals surface area contributed by atoms with Crippen LogP contribution >= 0.6 is 0 Å². The summed E-state index contributed by atoms with van der Waals surface area (Å²) in [6, 6.07) is 14.7. The van der Waals surface area contributed by atoms with Gasteiger partial charge in [-0.1, -0.05) is 30.3 Å². The molecule has 20 heavy (non-hydrogen) atoms. The fraction of sp³-hybridized carbons (Fsp3) is 0.222. The molecular formula is C18H18O2. The molecule has 2 aromatic carbocycles. The molecule has 2 nitrogen and oxygen atoms in total. The van der Waals surface area contributed by atoms with Crippen LogP contribution in [0, 0.1) is 0 Å². The van der Waals surface area contributed by atoms with E-state index in [4.69, 9.17) is 9.47 Å². The van der Waals surface area contributed by atoms with Gasteiger partial charge in [0.05, 0.1) is 14.2 Å². The lowest BCUT2D eigenvalue weighted by molar-refractivity contribution is 0.393. The molecule has 1 aliphatic carbocycles. The Balaban J connectivity index is 1.89. The second-order valence-electron chi connectivity index (χ2n) is 4.99. The fourth-order valence-corrected chi connectivity index (χ4v) is 2.71. The van der Waals surface area contributed by atoms with Crippen molar-refractivity contribution in [1.29, 1.82) is 0 Å². The number of fused-ring (bicyclic) bond motifs is 1. The zero-order valence-corrected chi connectivity index (χ0v) is 11.8. The molecule has 0 radical (unpaired) electrons. The monoisotopic (exact) mass is 266 g/mol. The van der Waals surface area contributed by atoms with Crippen molar-refractivity contribution in [3.63, 3.8) is 0 Å². The van der Waals surface area contributed by atoms with E-state index in [2.05, 4.69) is 42.5 Å². The number of hydrogen-bond donors (Lipinski definition) is 0. The van der Waals surface area contributed by atoms with Crippen LogP contribution in [0.4, 0.5) is 0 Å². The normalized spacial score (nSPS) is 12.8. The van der Waals surface area contributed by atoms with Gasteiger partial charge >= 0.3 is 0 Å². The van der Waals surface area contributed by atoms with Crippen molar-refractivity contribution < 1.29 is 9.47 Å². The van der Waals surface area contributed by atoms with Gasteiger partial charge in [0.25, 0.3) is 0 Å². The van der Waals surface area contributed by atoms with Crippen molar-refractivity contribution in [2.24, 2.45) is 0 Å². The Bertz CT molecular complexity index is 634. The molecule has 0 heterocycles. The van der Waals surface area contributed by atoms with Gasteiger partial charge in [-0.05, 0) is 47.2 Å². The average Bonchev–Trinajstić information content (AvgIpc) is 2.90. The summed E-state index contributed by atoms with van der Waals surface area (Å²) in [4.78, 5) is 0. The standard InChI is InChI=1S/C18H18O2/c1-19-16-10-13(11-17(12-16)20-2)9-15-8-7-14-5-3-4-6-18(14)15/h3-6,8,10-12H,7,9H2,1-2H3. The minimum absolute atomic E-state index is 0.839. The van der Waals surface area contributed by atoms with Gasteiger partial charge in [-0.3, -0.25) is 0 Å². The summed E-state index contributed by atoms with van der Waals surface area (Å²) in [7, 11) is 3.37. The van der Waals surface area contributed by atoms with Gasteiger partial charge in [-0.25, -0.2) is 0 Å². The molecular weight excluding hydrogens is 248 g/mol. The maximum absolute atomic E-state index is 5.33. The Labute approximate surface area is 119 Å². The zero-order chi connectivity index (χ0) is 13.9. The van der Waals surface area contributed by atoms with E-state index in [9.17, 15) is 0 Å². The van der Waals surface area contributed by atoms with Crippen LogP contribution in [0.15, 0.2) is 48.5 Å². The lowest BCUT2D eigenvalue weighted by Gasteiger charge is -2.10. The molecule has 0 spiro atoms. The number of hydrogen-bond acceptors (Lipinski definition) is 2. The summed E-state index contributed by atoms with van der Waals surface area (Å²) in [6.07, 6.45) is 4.26. The first-order chi connectivity index (χ1) is 9.80. The third kappa shape index (κ3) is 2.42. The predicted octanol–water partition coefficient (Wildman–Crippen LogP) is 3.89. The van der Waals surface area contributed by atoms with Crippen LogP contribution < -0.4 is 9.47 Å². The van der Waals surface area contributed by atoms with Gasteiger partial charge in [-0.2, -0.15) is 0 Å². The first-order valence-electron chi connectivity index (χ1n) is 6.79. The summed E-state index contributed by atoms with van der Waals surface area (Å²) in [5.41, 5.74) is 5.38. The number of ether oxygens (including phenoxy) is 2. The molecule has 0 saturated heterocycles. The minimum atomic E-state index is 0.839. The highest BCUT2D eigenvalue weighted by atomic mass is 16.5. The number of benzene rings is 2. The fourth-order valence-electron chi connectivity index (χ4n) is 2.71. The first-order valence-corrected chi connectivity index (χ1v) is 6.79. The maximum atomic E-state index is 5.33. The molecule has 0 N–H and O–H groups in total. The van der Waals surface area contributed by atoms with E-state index in [-0.39, 0.29) is 0 Å². The molecule has 0 aliphatic heterocycles. The van der Waals surface area contributed by atoms with Crippen LogP contribution in [0.3, 0.4) is 0 Å². The maximum Gasteiger partial charge on any atom is 0.122 e. The number of rotatable bonds is 4. The summed E-state index contributed by atoms with van der Waals surface area (Å²) in [5, 5.41) is 0. The van der Waals surface area contributed by atoms with Crippen LogP contribution in [0.5, 0.6) is 11.5 Å². The van der Waals surface area contributed by atoms with Gasteiger partial charge in [-0.15, -0.1) is 0 Å². The molecule has 0 fully saturated rings. The Morgan fingerprint density at radius 2 is 1.65 bits per heavy atom. The topological polar surface area (TPSA) is 18.5 Å². The second kappa shape index (κ2) is 5.41. The van der Waals surface area contributed by atoms with E-state index in [0.29, 0.717) is 0 Å². The number of methoxy groups -OCH3 is 2. The van der Waals surface area contributed by atoms with Crippen molar-refractivity contribution in [3.8, 4) is 11.5 Å². The third-order valence-electron chi connectivity index (χ3n) is 3.74. The smallest absolute Gasteiger partial charge is 0.122 e. The van der Waals surface area contributed by atoms with Gasteiger partial charge in [0.2, 0.25) is 0 Å². The van der Waals surface area contributed by atoms with Gasteiger partial charge in [0.15, 0.2) is 0 Å². The molecule has 2 aromatic rings. The summed E-state index contributed by atoms with van der Waals surface area (Å²) in [5.74, 6) is 1.68. The molecule has 1 aliphatic rings. The molecule has 0 amide bonds. The Morgan fingerprint density at radius 3 is 2.35 bits per heavy atom. The van der Waals surface area contributed by atoms with Crippen LogP contribution in [0.25, 0.3) is 5.57 Å². The quantitative estimate of drug-likeness (QED) is 0.836. The first kappa shape index (κ1) is 12.8. The summed E-state index contributed by atoms with van der Waals surface area (Å²) < 4.78 is 10.7. The van der Waals surface area contributed by atoms with E-state index in [1.165, 1.54) is 22.3 Å². The Hall–Kier alpha value is -2.22. The van der Waals surface area contributed by atoms with Crippen molar-refractivity contribution in [2.75, 3.05) is 14.2 Å². The third-order valence-corrected chi connectivity index (χ3v) is 3.74. The molecule has 0 atom stereocenters. The van der Waals surface area contributed by atoms with Crippen LogP contribution in [-0.2, 0) is 12.8 Å². The van der Waals surface area contributed by atoms with Crippen molar-refractivity contribution in [3.05, 3.63) is 65.2 Å². The SMILES string of the molecule is COc1cc(CC2=CCc3ccccc32)cc(OC)c1. The van der Waals surface area contributed by atoms with Crippen LogP contribution in [0.2, 0.25) is 0 Å². The lowest BCUT2D eigenvalue weighted by Crippen LogP contribution is -1.93. The zero-order valence-electron chi connectivity index (χ0n) is 11.8. The minimum Gasteiger partial charge on any atom is -0.497 e. The summed E-state index contributed by atoms with van der Waals surface area (Å²) in [6.45, 7) is 0. The van der Waals surface area contributed by atoms with Crippen LogP contribution in [0.1, 0.15) is 16.7 Å². The van der Waals surface area contributed by atoms with E-state index in [0.717, 1.165) is 24.3 Å². The highest BCUT2D eigenvalue weighted by Gasteiger charge is 2.14. The van der Waals surface area contributed by atoms with E-state index in [1.807, 2.05) is 6.07 Å². The average molecular weight is 266 g/mol. The second-order valence-corrected chi connectivity index (χ2v) is 4.99. The molecule has 0 saturated carbocycles. The largest absolute Gasteiger partial charge is 0.497 e. The predicted molar refractivity (Wildman–Crippen MR) is 81.4 cm³/mol. The molecule has 0 unspecified atom stereocenters. The van der Waals surface area contributed by atoms with E-state index in [1.54, 1.807) is 14.2 Å². The molecule has 2 heteroatoms. The molecule has 0 bridgehead atoms. The van der Waals surface area contributed by atoms with Crippen molar-refractivity contribution in [2.45, 2.75) is 12.8 Å². The Morgan fingerprint density at radius 1 is 0.950 bits per heavy atom. The van der Waals surface area contributed by atoms with E-state index < -0.39 is 0 Å². The van der Waals surface area contributed by atoms with E-state index >= 15 is 0 Å². The highest BCUT2D eigenvalue weighted by molar-refractivity contribution is 5.74.